The SMILES string of the molecule is c1ccc(-c2c(-c3ccccc3)c(-c3ccccc3)c3c4ccsc4c4sccc4c3c2-c2ccccc2)cc1. The fourth-order valence-electron chi connectivity index (χ4n) is 6.23. The fourth-order valence-corrected chi connectivity index (χ4v) is 8.22. The van der Waals surface area contributed by atoms with Crippen LogP contribution in [0.5, 0.6) is 0 Å². The van der Waals surface area contributed by atoms with Gasteiger partial charge < -0.3 is 0 Å². The van der Waals surface area contributed by atoms with Crippen molar-refractivity contribution in [1.29, 1.82) is 0 Å². The van der Waals surface area contributed by atoms with Crippen LogP contribution in [0.4, 0.5) is 0 Å². The molecule has 2 aromatic heterocycles. The number of hydrogen-bond donors (Lipinski definition) is 0. The predicted octanol–water partition coefficient (Wildman–Crippen LogP) is 11.9. The van der Waals surface area contributed by atoms with Crippen molar-refractivity contribution >= 4 is 53.6 Å². The first-order valence-corrected chi connectivity index (χ1v) is 15.3. The zero-order valence-corrected chi connectivity index (χ0v) is 23.3. The van der Waals surface area contributed by atoms with Gasteiger partial charge in [-0.1, -0.05) is 121 Å². The van der Waals surface area contributed by atoms with Gasteiger partial charge in [0.05, 0.1) is 9.40 Å². The van der Waals surface area contributed by atoms with E-state index < -0.39 is 0 Å². The molecule has 2 heteroatoms. The largest absolute Gasteiger partial charge is 0.142 e. The molecule has 0 saturated heterocycles. The van der Waals surface area contributed by atoms with Crippen LogP contribution in [0.15, 0.2) is 144 Å². The van der Waals surface area contributed by atoms with Crippen molar-refractivity contribution in [3.05, 3.63) is 144 Å². The van der Waals surface area contributed by atoms with E-state index in [9.17, 15) is 0 Å². The van der Waals surface area contributed by atoms with Gasteiger partial charge >= 0.3 is 0 Å². The summed E-state index contributed by atoms with van der Waals surface area (Å²) in [6.45, 7) is 0. The van der Waals surface area contributed by atoms with Gasteiger partial charge in [0.2, 0.25) is 0 Å². The van der Waals surface area contributed by atoms with Crippen molar-refractivity contribution < 1.29 is 0 Å². The van der Waals surface area contributed by atoms with Crippen molar-refractivity contribution in [1.82, 2.24) is 0 Å². The highest BCUT2D eigenvalue weighted by Crippen LogP contribution is 2.55. The molecule has 0 aliphatic rings. The normalized spacial score (nSPS) is 11.5. The molecule has 6 aromatic carbocycles. The lowest BCUT2D eigenvalue weighted by Crippen LogP contribution is -1.98. The summed E-state index contributed by atoms with van der Waals surface area (Å²) in [5.41, 5.74) is 10.1. The molecule has 0 bridgehead atoms. The third-order valence-electron chi connectivity index (χ3n) is 7.83. The summed E-state index contributed by atoms with van der Waals surface area (Å²) in [4.78, 5) is 0. The number of fused-ring (bicyclic) bond motifs is 6. The van der Waals surface area contributed by atoms with Crippen molar-refractivity contribution in [2.24, 2.45) is 0 Å². The lowest BCUT2D eigenvalue weighted by Gasteiger charge is -2.25. The molecule has 0 spiro atoms. The maximum Gasteiger partial charge on any atom is 0.0527 e. The molecule has 0 atom stereocenters. The molecule has 0 unspecified atom stereocenters. The van der Waals surface area contributed by atoms with Crippen LogP contribution in [0.1, 0.15) is 0 Å². The van der Waals surface area contributed by atoms with E-state index in [-0.39, 0.29) is 0 Å². The molecule has 0 aliphatic heterocycles. The van der Waals surface area contributed by atoms with Gasteiger partial charge in [0.25, 0.3) is 0 Å². The number of benzene rings is 6. The summed E-state index contributed by atoms with van der Waals surface area (Å²) < 4.78 is 2.75. The molecule has 8 rings (SSSR count). The Hall–Kier alpha value is -4.50. The molecule has 40 heavy (non-hydrogen) atoms. The highest BCUT2D eigenvalue weighted by atomic mass is 32.1. The van der Waals surface area contributed by atoms with Crippen LogP contribution in [0, 0.1) is 0 Å². The third kappa shape index (κ3) is 3.57. The minimum Gasteiger partial charge on any atom is -0.142 e. The first-order valence-electron chi connectivity index (χ1n) is 13.5. The summed E-state index contributed by atoms with van der Waals surface area (Å²) >= 11 is 3.71. The van der Waals surface area contributed by atoms with E-state index in [1.807, 2.05) is 22.7 Å². The Morgan fingerprint density at radius 2 is 0.600 bits per heavy atom. The number of hydrogen-bond acceptors (Lipinski definition) is 2. The van der Waals surface area contributed by atoms with Crippen LogP contribution in [0.2, 0.25) is 0 Å². The summed E-state index contributed by atoms with van der Waals surface area (Å²) in [7, 11) is 0. The Kier molecular flexibility index (Phi) is 5.62. The first kappa shape index (κ1) is 23.4. The molecule has 0 fully saturated rings. The molecule has 0 amide bonds. The fraction of sp³-hybridized carbons (Fsp3) is 0. The standard InChI is InChI=1S/C38H24S2/c1-5-13-25(14-6-1)31-32(26-15-7-2-8-16-26)34(28-19-11-4-12-20-28)36-30-22-24-40-38(30)37-29(21-23-39-37)35(36)33(31)27-17-9-3-10-18-27/h1-24H. The van der Waals surface area contributed by atoms with E-state index in [0.29, 0.717) is 0 Å². The minimum absolute atomic E-state index is 1.23. The van der Waals surface area contributed by atoms with Crippen LogP contribution in [-0.4, -0.2) is 0 Å². The third-order valence-corrected chi connectivity index (χ3v) is 9.82. The van der Waals surface area contributed by atoms with Crippen molar-refractivity contribution in [3.63, 3.8) is 0 Å². The van der Waals surface area contributed by atoms with Gasteiger partial charge in [0.1, 0.15) is 0 Å². The van der Waals surface area contributed by atoms with Crippen molar-refractivity contribution in [2.45, 2.75) is 0 Å². The van der Waals surface area contributed by atoms with E-state index in [2.05, 4.69) is 144 Å². The Bertz CT molecular complexity index is 1960. The van der Waals surface area contributed by atoms with Crippen LogP contribution < -0.4 is 0 Å². The van der Waals surface area contributed by atoms with Gasteiger partial charge in [-0.2, -0.15) is 0 Å². The molecule has 8 aromatic rings. The molecule has 0 N–H and O–H groups in total. The molecular formula is C38H24S2. The molecule has 0 saturated carbocycles. The van der Waals surface area contributed by atoms with Gasteiger partial charge in [-0.25, -0.2) is 0 Å². The molecule has 0 nitrogen and oxygen atoms in total. The molecule has 0 radical (unpaired) electrons. The van der Waals surface area contributed by atoms with Crippen LogP contribution in [-0.2, 0) is 0 Å². The molecule has 0 aliphatic carbocycles. The monoisotopic (exact) mass is 544 g/mol. The zero-order chi connectivity index (χ0) is 26.5. The maximum absolute atomic E-state index is 2.33. The first-order chi connectivity index (χ1) is 19.9. The number of thiophene rings is 2. The van der Waals surface area contributed by atoms with Crippen LogP contribution >= 0.6 is 22.7 Å². The van der Waals surface area contributed by atoms with E-state index >= 15 is 0 Å². The predicted molar refractivity (Wildman–Crippen MR) is 176 cm³/mol. The molecular weight excluding hydrogens is 521 g/mol. The second-order valence-corrected chi connectivity index (χ2v) is 11.9. The van der Waals surface area contributed by atoms with Crippen LogP contribution in [0.25, 0.3) is 75.5 Å². The average molecular weight is 545 g/mol. The molecule has 2 heterocycles. The van der Waals surface area contributed by atoms with Gasteiger partial charge in [0, 0.05) is 21.5 Å². The topological polar surface area (TPSA) is 0 Å². The second kappa shape index (κ2) is 9.60. The second-order valence-electron chi connectivity index (χ2n) is 10.0. The van der Waals surface area contributed by atoms with Crippen molar-refractivity contribution in [3.8, 4) is 44.5 Å². The van der Waals surface area contributed by atoms with Crippen molar-refractivity contribution in [2.75, 3.05) is 0 Å². The smallest absolute Gasteiger partial charge is 0.0527 e. The highest BCUT2D eigenvalue weighted by Gasteiger charge is 2.27. The Balaban J connectivity index is 1.76. The zero-order valence-electron chi connectivity index (χ0n) is 21.7. The van der Waals surface area contributed by atoms with E-state index in [4.69, 9.17) is 0 Å². The quantitative estimate of drug-likeness (QED) is 0.207. The van der Waals surface area contributed by atoms with Crippen LogP contribution in [0.3, 0.4) is 0 Å². The van der Waals surface area contributed by atoms with E-state index in [1.54, 1.807) is 0 Å². The summed E-state index contributed by atoms with van der Waals surface area (Å²) in [5.74, 6) is 0. The highest BCUT2D eigenvalue weighted by molar-refractivity contribution is 7.26. The minimum atomic E-state index is 1.23. The van der Waals surface area contributed by atoms with Gasteiger partial charge in [-0.15, -0.1) is 22.7 Å². The van der Waals surface area contributed by atoms with E-state index in [0.717, 1.165) is 0 Å². The number of rotatable bonds is 4. The summed E-state index contributed by atoms with van der Waals surface area (Å²) in [6, 6.07) is 48.6. The summed E-state index contributed by atoms with van der Waals surface area (Å²) in [5, 5.41) is 9.86. The van der Waals surface area contributed by atoms with E-state index in [1.165, 1.54) is 75.5 Å². The Morgan fingerprint density at radius 3 is 0.925 bits per heavy atom. The van der Waals surface area contributed by atoms with Gasteiger partial charge in [0.15, 0.2) is 0 Å². The maximum atomic E-state index is 2.33. The lowest BCUT2D eigenvalue weighted by molar-refractivity contribution is 1.58. The van der Waals surface area contributed by atoms with Gasteiger partial charge in [-0.05, 0) is 67.4 Å². The average Bonchev–Trinajstić information content (AvgIpc) is 3.72. The van der Waals surface area contributed by atoms with Gasteiger partial charge in [-0.3, -0.25) is 0 Å². The molecule has 188 valence electrons. The Morgan fingerprint density at radius 1 is 0.300 bits per heavy atom. The summed E-state index contributed by atoms with van der Waals surface area (Å²) in [6.07, 6.45) is 0. The lowest BCUT2D eigenvalue weighted by atomic mass is 9.77. The Labute approximate surface area is 241 Å².